The van der Waals surface area contributed by atoms with E-state index >= 15 is 0 Å². The lowest BCUT2D eigenvalue weighted by molar-refractivity contribution is 0.0946. The highest BCUT2D eigenvalue weighted by atomic mass is 16.1. The average Bonchev–Trinajstić information content (AvgIpc) is 3.05. The Hall–Kier alpha value is -2.70. The van der Waals surface area contributed by atoms with Crippen molar-refractivity contribution in [2.24, 2.45) is 0 Å². The van der Waals surface area contributed by atoms with Crippen LogP contribution in [0.1, 0.15) is 16.3 Å². The fraction of sp³-hybridized carbons (Fsp3) is 0.0909. The number of para-hydroxylation sites is 1. The first kappa shape index (κ1) is 10.5. The van der Waals surface area contributed by atoms with E-state index in [0.29, 0.717) is 18.1 Å². The van der Waals surface area contributed by atoms with Crippen LogP contribution in [-0.4, -0.2) is 31.3 Å². The second-order valence-electron chi connectivity index (χ2n) is 3.73. The summed E-state index contributed by atoms with van der Waals surface area (Å²) in [5.41, 5.74) is 1.22. The molecule has 0 aliphatic heterocycles. The molecule has 0 saturated heterocycles. The largest absolute Gasteiger partial charge is 0.343 e. The summed E-state index contributed by atoms with van der Waals surface area (Å²) in [6.07, 6.45) is 1.39. The highest BCUT2D eigenvalue weighted by Crippen LogP contribution is 2.14. The van der Waals surface area contributed by atoms with Crippen LogP contribution in [0.25, 0.3) is 10.9 Å². The Bertz CT molecular complexity index is 672. The van der Waals surface area contributed by atoms with Crippen molar-refractivity contribution < 1.29 is 4.79 Å². The molecule has 3 N–H and O–H groups in total. The molecule has 0 aliphatic carbocycles. The molecule has 1 aromatic carbocycles. The number of fused-ring (bicyclic) bond motifs is 1. The molecule has 18 heavy (non-hydrogen) atoms. The van der Waals surface area contributed by atoms with E-state index in [1.165, 1.54) is 6.33 Å². The maximum Gasteiger partial charge on any atom is 0.272 e. The van der Waals surface area contributed by atoms with Gasteiger partial charge >= 0.3 is 0 Å². The number of benzene rings is 1. The first-order valence-electron chi connectivity index (χ1n) is 5.40. The minimum absolute atomic E-state index is 0.246. The first-order chi connectivity index (χ1) is 8.84. The number of aromatic nitrogens is 5. The minimum atomic E-state index is -0.246. The van der Waals surface area contributed by atoms with Gasteiger partial charge in [0.1, 0.15) is 12.2 Å². The number of H-pyrrole nitrogens is 2. The summed E-state index contributed by atoms with van der Waals surface area (Å²) in [4.78, 5) is 15.9. The number of nitrogens with one attached hydrogen (secondary N) is 3. The summed E-state index contributed by atoms with van der Waals surface area (Å²) < 4.78 is 0. The molecule has 3 aromatic rings. The van der Waals surface area contributed by atoms with Gasteiger partial charge in [-0.25, -0.2) is 4.98 Å². The Morgan fingerprint density at radius 1 is 1.28 bits per heavy atom. The van der Waals surface area contributed by atoms with E-state index in [1.54, 1.807) is 0 Å². The van der Waals surface area contributed by atoms with Gasteiger partial charge in [0.05, 0.1) is 12.1 Å². The van der Waals surface area contributed by atoms with Crippen molar-refractivity contribution >= 4 is 16.8 Å². The Labute approximate surface area is 102 Å². The molecule has 0 fully saturated rings. The molecule has 3 rings (SSSR count). The van der Waals surface area contributed by atoms with Gasteiger partial charge in [0, 0.05) is 5.39 Å². The highest BCUT2D eigenvalue weighted by molar-refractivity contribution is 6.04. The Balaban J connectivity index is 1.80. The molecule has 0 atom stereocenters. The molecular weight excluding hydrogens is 232 g/mol. The van der Waals surface area contributed by atoms with Gasteiger partial charge in [0.15, 0.2) is 5.69 Å². The van der Waals surface area contributed by atoms with E-state index < -0.39 is 0 Å². The zero-order valence-corrected chi connectivity index (χ0v) is 9.34. The van der Waals surface area contributed by atoms with Crippen LogP contribution in [0.2, 0.25) is 0 Å². The molecular formula is C11H10N6O. The van der Waals surface area contributed by atoms with Crippen molar-refractivity contribution in [2.45, 2.75) is 6.54 Å². The molecule has 0 aliphatic rings. The predicted octanol–water partition coefficient (Wildman–Crippen LogP) is 0.611. The van der Waals surface area contributed by atoms with E-state index in [9.17, 15) is 4.79 Å². The second kappa shape index (κ2) is 4.28. The Morgan fingerprint density at radius 3 is 3.00 bits per heavy atom. The number of rotatable bonds is 3. The van der Waals surface area contributed by atoms with Crippen LogP contribution in [0.3, 0.4) is 0 Å². The van der Waals surface area contributed by atoms with Gasteiger partial charge in [0.2, 0.25) is 0 Å². The summed E-state index contributed by atoms with van der Waals surface area (Å²) in [6.45, 7) is 0.292. The van der Waals surface area contributed by atoms with E-state index in [1.807, 2.05) is 24.3 Å². The molecule has 2 aromatic heterocycles. The Kier molecular flexibility index (Phi) is 2.49. The molecule has 7 nitrogen and oxygen atoms in total. The first-order valence-corrected chi connectivity index (χ1v) is 5.40. The van der Waals surface area contributed by atoms with Crippen LogP contribution < -0.4 is 5.32 Å². The van der Waals surface area contributed by atoms with Crippen molar-refractivity contribution in [1.29, 1.82) is 0 Å². The van der Waals surface area contributed by atoms with Crippen molar-refractivity contribution in [2.75, 3.05) is 0 Å². The lowest BCUT2D eigenvalue weighted by Gasteiger charge is -2.00. The summed E-state index contributed by atoms with van der Waals surface area (Å²) >= 11 is 0. The summed E-state index contributed by atoms with van der Waals surface area (Å²) in [5, 5.41) is 16.7. The fourth-order valence-corrected chi connectivity index (χ4v) is 1.70. The molecule has 90 valence electrons. The molecule has 0 saturated carbocycles. The second-order valence-corrected chi connectivity index (χ2v) is 3.73. The quantitative estimate of drug-likeness (QED) is 0.626. The lowest BCUT2D eigenvalue weighted by atomic mass is 10.2. The van der Waals surface area contributed by atoms with E-state index in [-0.39, 0.29) is 5.91 Å². The van der Waals surface area contributed by atoms with Gasteiger partial charge < -0.3 is 5.32 Å². The van der Waals surface area contributed by atoms with Crippen molar-refractivity contribution in [1.82, 2.24) is 30.7 Å². The lowest BCUT2D eigenvalue weighted by Crippen LogP contribution is -2.24. The maximum absolute atomic E-state index is 12.0. The number of carbonyl (C=O) groups excluding carboxylic acids is 1. The van der Waals surface area contributed by atoms with Crippen molar-refractivity contribution in [3.8, 4) is 0 Å². The zero-order chi connectivity index (χ0) is 12.4. The number of carbonyl (C=O) groups is 1. The normalized spacial score (nSPS) is 10.7. The SMILES string of the molecule is O=C(NCc1ncn[nH]1)c1n[nH]c2ccccc12. The third-order valence-corrected chi connectivity index (χ3v) is 2.57. The van der Waals surface area contributed by atoms with Crippen LogP contribution in [-0.2, 0) is 6.54 Å². The Morgan fingerprint density at radius 2 is 2.17 bits per heavy atom. The van der Waals surface area contributed by atoms with Gasteiger partial charge in [-0.3, -0.25) is 15.0 Å². The van der Waals surface area contributed by atoms with E-state index in [4.69, 9.17) is 0 Å². The number of aromatic amines is 2. The fourth-order valence-electron chi connectivity index (χ4n) is 1.70. The predicted molar refractivity (Wildman–Crippen MR) is 63.6 cm³/mol. The maximum atomic E-state index is 12.0. The summed E-state index contributed by atoms with van der Waals surface area (Å²) in [5.74, 6) is 0.354. The van der Waals surface area contributed by atoms with Gasteiger partial charge in [0.25, 0.3) is 5.91 Å². The van der Waals surface area contributed by atoms with E-state index in [0.717, 1.165) is 10.9 Å². The third kappa shape index (κ3) is 1.81. The monoisotopic (exact) mass is 242 g/mol. The number of nitrogens with zero attached hydrogens (tertiary/aromatic N) is 3. The van der Waals surface area contributed by atoms with Crippen molar-refractivity contribution in [3.63, 3.8) is 0 Å². The molecule has 0 spiro atoms. The van der Waals surface area contributed by atoms with Crippen LogP contribution in [0.5, 0.6) is 0 Å². The summed E-state index contributed by atoms with van der Waals surface area (Å²) in [6, 6.07) is 7.47. The van der Waals surface area contributed by atoms with Crippen molar-refractivity contribution in [3.05, 3.63) is 42.1 Å². The van der Waals surface area contributed by atoms with E-state index in [2.05, 4.69) is 30.7 Å². The van der Waals surface area contributed by atoms with Crippen LogP contribution in [0, 0.1) is 0 Å². The summed E-state index contributed by atoms with van der Waals surface area (Å²) in [7, 11) is 0. The number of hydrogen-bond donors (Lipinski definition) is 3. The van der Waals surface area contributed by atoms with Crippen LogP contribution in [0.15, 0.2) is 30.6 Å². The zero-order valence-electron chi connectivity index (χ0n) is 9.34. The van der Waals surface area contributed by atoms with Gasteiger partial charge in [-0.2, -0.15) is 10.2 Å². The topological polar surface area (TPSA) is 99.3 Å². The van der Waals surface area contributed by atoms with Gasteiger partial charge in [-0.15, -0.1) is 0 Å². The van der Waals surface area contributed by atoms with Crippen LogP contribution >= 0.6 is 0 Å². The molecule has 0 radical (unpaired) electrons. The average molecular weight is 242 g/mol. The standard InChI is InChI=1S/C11H10N6O/c18-11(12-5-9-13-6-14-16-9)10-7-3-1-2-4-8(7)15-17-10/h1-4,6H,5H2,(H,12,18)(H,15,17)(H,13,14,16). The highest BCUT2D eigenvalue weighted by Gasteiger charge is 2.13. The minimum Gasteiger partial charge on any atom is -0.343 e. The number of amides is 1. The van der Waals surface area contributed by atoms with Gasteiger partial charge in [-0.1, -0.05) is 18.2 Å². The number of hydrogen-bond acceptors (Lipinski definition) is 4. The molecule has 0 bridgehead atoms. The molecule has 1 amide bonds. The molecule has 2 heterocycles. The smallest absolute Gasteiger partial charge is 0.272 e. The third-order valence-electron chi connectivity index (χ3n) is 2.57. The molecule has 7 heteroatoms. The molecule has 0 unspecified atom stereocenters. The van der Waals surface area contributed by atoms with Crippen LogP contribution in [0.4, 0.5) is 0 Å². The van der Waals surface area contributed by atoms with Gasteiger partial charge in [-0.05, 0) is 6.07 Å².